The van der Waals surface area contributed by atoms with Gasteiger partial charge in [-0.3, -0.25) is 0 Å². The fourth-order valence-electron chi connectivity index (χ4n) is 9.39. The number of hydrogen-bond donors (Lipinski definition) is 0. The molecule has 0 saturated heterocycles. The minimum atomic E-state index is 0.178. The van der Waals surface area contributed by atoms with Crippen molar-refractivity contribution in [1.29, 1.82) is 0 Å². The van der Waals surface area contributed by atoms with Crippen molar-refractivity contribution in [3.63, 3.8) is 0 Å². The van der Waals surface area contributed by atoms with Gasteiger partial charge in [-0.05, 0) is 117 Å². The lowest BCUT2D eigenvalue weighted by molar-refractivity contribution is 0.927. The maximum absolute atomic E-state index is 2.45. The van der Waals surface area contributed by atoms with Crippen LogP contribution in [0.1, 0.15) is 29.5 Å². The third-order valence-corrected chi connectivity index (χ3v) is 13.4. The minimum absolute atomic E-state index is 0.178. The summed E-state index contributed by atoms with van der Waals surface area (Å²) in [5, 5.41) is 5.14. The standard InChI is InChI=1S/C57H41NS/c1-37-16-9-10-21-44(37)50-34-41(28-31-46(50)38(2)45-22-11-12-23-47(45)39-17-5-3-6-18-39)42-29-32-54-51(35-42)49-24-13-14-26-53(49)58(54)43-30-33-55-52(36-43)57-48(25-15-27-56(57)59-55)40-19-7-4-8-20-40/h3-36,38H,1-2H3/t38-/m0/s1. The summed E-state index contributed by atoms with van der Waals surface area (Å²) in [6.07, 6.45) is 0. The van der Waals surface area contributed by atoms with Crippen LogP contribution in [0.2, 0.25) is 0 Å². The van der Waals surface area contributed by atoms with Gasteiger partial charge in [0.1, 0.15) is 0 Å². The molecule has 9 aromatic carbocycles. The van der Waals surface area contributed by atoms with Crippen LogP contribution >= 0.6 is 11.3 Å². The van der Waals surface area contributed by atoms with Crippen LogP contribution in [0.4, 0.5) is 0 Å². The molecule has 1 atom stereocenters. The Balaban J connectivity index is 1.06. The highest BCUT2D eigenvalue weighted by atomic mass is 32.1. The SMILES string of the molecule is Cc1ccccc1-c1cc(-c2ccc3c(c2)c2ccccc2n3-c2ccc3sc4cccc(-c5ccccc5)c4c3c2)ccc1[C@@H](C)c1ccccc1-c1ccccc1. The Hall–Kier alpha value is -7.00. The van der Waals surface area contributed by atoms with Gasteiger partial charge in [-0.2, -0.15) is 0 Å². The van der Waals surface area contributed by atoms with E-state index in [1.54, 1.807) is 0 Å². The van der Waals surface area contributed by atoms with Crippen molar-refractivity contribution >= 4 is 53.3 Å². The predicted octanol–water partition coefficient (Wildman–Crippen LogP) is 16.3. The van der Waals surface area contributed by atoms with Crippen molar-refractivity contribution < 1.29 is 0 Å². The second-order valence-corrected chi connectivity index (χ2v) is 16.8. The molecule has 0 bridgehead atoms. The molecule has 0 unspecified atom stereocenters. The van der Waals surface area contributed by atoms with Gasteiger partial charge in [0.05, 0.1) is 11.0 Å². The molecule has 2 heteroatoms. The quantitative estimate of drug-likeness (QED) is 0.152. The largest absolute Gasteiger partial charge is 0.309 e. The first-order valence-corrected chi connectivity index (χ1v) is 21.3. The number of rotatable bonds is 7. The molecule has 2 heterocycles. The van der Waals surface area contributed by atoms with Gasteiger partial charge < -0.3 is 4.57 Å². The molecule has 0 aliphatic rings. The van der Waals surface area contributed by atoms with Crippen LogP contribution in [0.15, 0.2) is 206 Å². The lowest BCUT2D eigenvalue weighted by Crippen LogP contribution is -2.02. The number of benzene rings is 9. The highest BCUT2D eigenvalue weighted by molar-refractivity contribution is 7.26. The molecule has 1 nitrogen and oxygen atoms in total. The number of nitrogens with zero attached hydrogens (tertiary/aromatic N) is 1. The van der Waals surface area contributed by atoms with E-state index in [9.17, 15) is 0 Å². The summed E-state index contributed by atoms with van der Waals surface area (Å²) in [4.78, 5) is 0. The van der Waals surface area contributed by atoms with E-state index in [0.717, 1.165) is 0 Å². The van der Waals surface area contributed by atoms with Crippen LogP contribution in [0.25, 0.3) is 92.2 Å². The summed E-state index contributed by atoms with van der Waals surface area (Å²) in [7, 11) is 0. The summed E-state index contributed by atoms with van der Waals surface area (Å²) >= 11 is 1.88. The minimum Gasteiger partial charge on any atom is -0.309 e. The van der Waals surface area contributed by atoms with E-state index in [1.165, 1.54) is 109 Å². The van der Waals surface area contributed by atoms with Crippen LogP contribution in [0, 0.1) is 6.92 Å². The molecule has 0 fully saturated rings. The number of aryl methyl sites for hydroxylation is 1. The van der Waals surface area contributed by atoms with Crippen molar-refractivity contribution in [3.05, 3.63) is 223 Å². The second-order valence-electron chi connectivity index (χ2n) is 15.7. The fourth-order valence-corrected chi connectivity index (χ4v) is 10.5. The zero-order valence-corrected chi connectivity index (χ0v) is 33.9. The fraction of sp³-hybridized carbons (Fsp3) is 0.0526. The maximum atomic E-state index is 2.45. The van der Waals surface area contributed by atoms with E-state index in [1.807, 2.05) is 11.3 Å². The number of fused-ring (bicyclic) bond motifs is 6. The molecule has 0 spiro atoms. The van der Waals surface area contributed by atoms with Gasteiger partial charge >= 0.3 is 0 Å². The van der Waals surface area contributed by atoms with Gasteiger partial charge in [-0.1, -0.05) is 165 Å². The van der Waals surface area contributed by atoms with E-state index in [4.69, 9.17) is 0 Å². The number of thiophene rings is 1. The smallest absolute Gasteiger partial charge is 0.0541 e. The van der Waals surface area contributed by atoms with Gasteiger partial charge in [0.2, 0.25) is 0 Å². The van der Waals surface area contributed by atoms with Gasteiger partial charge in [0.25, 0.3) is 0 Å². The van der Waals surface area contributed by atoms with Gasteiger partial charge in [-0.15, -0.1) is 11.3 Å². The molecular weight excluding hydrogens is 731 g/mol. The van der Waals surface area contributed by atoms with Gasteiger partial charge in [-0.25, -0.2) is 0 Å². The highest BCUT2D eigenvalue weighted by Gasteiger charge is 2.21. The molecule has 59 heavy (non-hydrogen) atoms. The lowest BCUT2D eigenvalue weighted by Gasteiger charge is -2.22. The Morgan fingerprint density at radius 2 is 1.02 bits per heavy atom. The van der Waals surface area contributed by atoms with Crippen LogP contribution < -0.4 is 0 Å². The first-order chi connectivity index (χ1) is 29.1. The van der Waals surface area contributed by atoms with Crippen molar-refractivity contribution in [2.75, 3.05) is 0 Å². The molecule has 11 aromatic rings. The summed E-state index contributed by atoms with van der Waals surface area (Å²) in [5.74, 6) is 0.178. The molecule has 0 radical (unpaired) electrons. The average Bonchev–Trinajstić information content (AvgIpc) is 3.84. The molecule has 2 aromatic heterocycles. The third-order valence-electron chi connectivity index (χ3n) is 12.3. The van der Waals surface area contributed by atoms with Crippen LogP contribution in [0.5, 0.6) is 0 Å². The predicted molar refractivity (Wildman–Crippen MR) is 254 cm³/mol. The molecule has 11 rings (SSSR count). The zero-order chi connectivity index (χ0) is 39.5. The molecular formula is C57H41NS. The topological polar surface area (TPSA) is 4.93 Å². The molecule has 0 amide bonds. The van der Waals surface area contributed by atoms with E-state index >= 15 is 0 Å². The van der Waals surface area contributed by atoms with Crippen molar-refractivity contribution in [1.82, 2.24) is 4.57 Å². The molecule has 0 N–H and O–H groups in total. The van der Waals surface area contributed by atoms with Crippen molar-refractivity contribution in [3.8, 4) is 50.2 Å². The van der Waals surface area contributed by atoms with Crippen molar-refractivity contribution in [2.45, 2.75) is 19.8 Å². The summed E-state index contributed by atoms with van der Waals surface area (Å²) < 4.78 is 5.08. The average molecular weight is 772 g/mol. The summed E-state index contributed by atoms with van der Waals surface area (Å²) in [6, 6.07) is 76.1. The van der Waals surface area contributed by atoms with E-state index in [0.29, 0.717) is 0 Å². The van der Waals surface area contributed by atoms with Crippen LogP contribution in [-0.2, 0) is 0 Å². The van der Waals surface area contributed by atoms with Crippen LogP contribution in [-0.4, -0.2) is 4.57 Å². The monoisotopic (exact) mass is 771 g/mol. The molecule has 0 saturated carbocycles. The first-order valence-electron chi connectivity index (χ1n) is 20.5. The van der Waals surface area contributed by atoms with Crippen molar-refractivity contribution in [2.24, 2.45) is 0 Å². The highest BCUT2D eigenvalue weighted by Crippen LogP contribution is 2.44. The molecule has 0 aliphatic carbocycles. The Labute approximate surface area is 349 Å². The maximum Gasteiger partial charge on any atom is 0.0541 e. The summed E-state index contributed by atoms with van der Waals surface area (Å²) in [6.45, 7) is 4.59. The zero-order valence-electron chi connectivity index (χ0n) is 33.1. The Morgan fingerprint density at radius 3 is 1.83 bits per heavy atom. The number of para-hydroxylation sites is 1. The third kappa shape index (κ3) is 5.99. The van der Waals surface area contributed by atoms with E-state index in [2.05, 4.69) is 225 Å². The van der Waals surface area contributed by atoms with E-state index < -0.39 is 0 Å². The Morgan fingerprint density at radius 1 is 0.390 bits per heavy atom. The van der Waals surface area contributed by atoms with Gasteiger partial charge in [0, 0.05) is 42.6 Å². The lowest BCUT2D eigenvalue weighted by atomic mass is 9.82. The first kappa shape index (κ1) is 35.2. The molecule has 280 valence electrons. The number of aromatic nitrogens is 1. The normalized spacial score (nSPS) is 12.2. The second kappa shape index (κ2) is 14.4. The summed E-state index contributed by atoms with van der Waals surface area (Å²) in [5.41, 5.74) is 17.6. The Kier molecular flexibility index (Phi) is 8.61. The Bertz CT molecular complexity index is 3350. The van der Waals surface area contributed by atoms with E-state index in [-0.39, 0.29) is 5.92 Å². The number of hydrogen-bond acceptors (Lipinski definition) is 1. The van der Waals surface area contributed by atoms with Gasteiger partial charge in [0.15, 0.2) is 0 Å². The van der Waals surface area contributed by atoms with Crippen LogP contribution in [0.3, 0.4) is 0 Å². The molecule has 0 aliphatic heterocycles.